The molecule has 4 atom stereocenters. The Labute approximate surface area is 85.6 Å². The molecule has 0 aromatic rings. The molecule has 2 aliphatic carbocycles. The lowest BCUT2D eigenvalue weighted by Crippen LogP contribution is -2.38. The van der Waals surface area contributed by atoms with E-state index in [1.165, 1.54) is 5.57 Å². The lowest BCUT2D eigenvalue weighted by molar-refractivity contribution is 0.0104. The van der Waals surface area contributed by atoms with Gasteiger partial charge in [-0.15, -0.1) is 0 Å². The highest BCUT2D eigenvalue weighted by atomic mass is 16.3. The first kappa shape index (κ1) is 10.2. The molecule has 0 saturated heterocycles. The number of aliphatic hydroxyl groups is 2. The zero-order chi connectivity index (χ0) is 10.3. The molecule has 2 nitrogen and oxygen atoms in total. The van der Waals surface area contributed by atoms with Crippen molar-refractivity contribution < 1.29 is 10.2 Å². The highest BCUT2D eigenvalue weighted by Gasteiger charge is 2.46. The molecule has 0 amide bonds. The van der Waals surface area contributed by atoms with Crippen LogP contribution in [0.15, 0.2) is 11.6 Å². The van der Waals surface area contributed by atoms with Crippen LogP contribution >= 0.6 is 0 Å². The van der Waals surface area contributed by atoms with Crippen molar-refractivity contribution in [3.8, 4) is 0 Å². The Morgan fingerprint density at radius 2 is 2.21 bits per heavy atom. The van der Waals surface area contributed by atoms with Crippen LogP contribution in [-0.4, -0.2) is 22.9 Å². The van der Waals surface area contributed by atoms with Crippen molar-refractivity contribution in [1.29, 1.82) is 0 Å². The van der Waals surface area contributed by atoms with Gasteiger partial charge in [-0.05, 0) is 42.1 Å². The van der Waals surface area contributed by atoms with Gasteiger partial charge in [0, 0.05) is 0 Å². The molecule has 2 aliphatic rings. The number of hydrogen-bond acceptors (Lipinski definition) is 2. The van der Waals surface area contributed by atoms with Crippen molar-refractivity contribution in [2.45, 2.75) is 39.2 Å². The highest BCUT2D eigenvalue weighted by Crippen LogP contribution is 2.53. The Bertz CT molecular complexity index is 259. The third kappa shape index (κ3) is 1.41. The van der Waals surface area contributed by atoms with E-state index in [9.17, 15) is 5.11 Å². The van der Waals surface area contributed by atoms with Gasteiger partial charge in [0.05, 0.1) is 12.7 Å². The summed E-state index contributed by atoms with van der Waals surface area (Å²) in [5.41, 5.74) is 1.38. The summed E-state index contributed by atoms with van der Waals surface area (Å²) in [4.78, 5) is 0. The van der Waals surface area contributed by atoms with Crippen LogP contribution in [0.4, 0.5) is 0 Å². The smallest absolute Gasteiger partial charge is 0.0642 e. The molecular weight excluding hydrogens is 176 g/mol. The van der Waals surface area contributed by atoms with Gasteiger partial charge >= 0.3 is 0 Å². The normalized spacial score (nSPS) is 47.4. The van der Waals surface area contributed by atoms with Crippen molar-refractivity contribution in [3.63, 3.8) is 0 Å². The average molecular weight is 196 g/mol. The molecule has 0 radical (unpaired) electrons. The fourth-order valence-corrected chi connectivity index (χ4v) is 3.23. The molecular formula is C12H20O2. The van der Waals surface area contributed by atoms with Crippen LogP contribution in [0.3, 0.4) is 0 Å². The maximum atomic E-state index is 9.71. The second-order valence-corrected chi connectivity index (χ2v) is 5.25. The maximum absolute atomic E-state index is 9.71. The molecule has 2 rings (SSSR count). The predicted molar refractivity (Wildman–Crippen MR) is 55.8 cm³/mol. The maximum Gasteiger partial charge on any atom is 0.0642 e. The topological polar surface area (TPSA) is 40.5 Å². The molecule has 0 unspecified atom stereocenters. The van der Waals surface area contributed by atoms with Gasteiger partial charge in [-0.3, -0.25) is 0 Å². The van der Waals surface area contributed by atoms with Gasteiger partial charge in [0.25, 0.3) is 0 Å². The van der Waals surface area contributed by atoms with Gasteiger partial charge in [-0.25, -0.2) is 0 Å². The Morgan fingerprint density at radius 1 is 1.50 bits per heavy atom. The Hall–Kier alpha value is -0.340. The molecule has 0 spiro atoms. The summed E-state index contributed by atoms with van der Waals surface area (Å²) in [6, 6.07) is 0. The van der Waals surface area contributed by atoms with Crippen LogP contribution in [0, 0.1) is 17.3 Å². The summed E-state index contributed by atoms with van der Waals surface area (Å²) in [6.45, 7) is 4.68. The van der Waals surface area contributed by atoms with Crippen LogP contribution in [0.2, 0.25) is 0 Å². The third-order valence-corrected chi connectivity index (χ3v) is 4.35. The molecule has 2 N–H and O–H groups in total. The second-order valence-electron chi connectivity index (χ2n) is 5.25. The van der Waals surface area contributed by atoms with Crippen molar-refractivity contribution in [2.24, 2.45) is 17.3 Å². The quantitative estimate of drug-likeness (QED) is 0.627. The van der Waals surface area contributed by atoms with Crippen LogP contribution in [0.1, 0.15) is 33.1 Å². The van der Waals surface area contributed by atoms with Gasteiger partial charge in [0.2, 0.25) is 0 Å². The van der Waals surface area contributed by atoms with Crippen LogP contribution < -0.4 is 0 Å². The summed E-state index contributed by atoms with van der Waals surface area (Å²) < 4.78 is 0. The summed E-state index contributed by atoms with van der Waals surface area (Å²) in [7, 11) is 0. The molecule has 2 heteroatoms. The third-order valence-electron chi connectivity index (χ3n) is 4.35. The fourth-order valence-electron chi connectivity index (χ4n) is 3.23. The molecule has 0 aliphatic heterocycles. The minimum absolute atomic E-state index is 0.130. The number of aliphatic hydroxyl groups excluding tert-OH is 2. The minimum Gasteiger partial charge on any atom is -0.393 e. The number of rotatable bonds is 1. The average Bonchev–Trinajstić information content (AvgIpc) is 2.44. The fraction of sp³-hybridized carbons (Fsp3) is 0.833. The van der Waals surface area contributed by atoms with E-state index >= 15 is 0 Å². The molecule has 80 valence electrons. The van der Waals surface area contributed by atoms with Gasteiger partial charge in [0.15, 0.2) is 0 Å². The largest absolute Gasteiger partial charge is 0.393 e. The summed E-state index contributed by atoms with van der Waals surface area (Å²) >= 11 is 0. The Morgan fingerprint density at radius 3 is 2.86 bits per heavy atom. The molecule has 1 fully saturated rings. The van der Waals surface area contributed by atoms with E-state index in [0.29, 0.717) is 11.8 Å². The zero-order valence-electron chi connectivity index (χ0n) is 9.03. The monoisotopic (exact) mass is 196 g/mol. The lowest BCUT2D eigenvalue weighted by atomic mass is 9.63. The molecule has 0 heterocycles. The molecule has 0 bridgehead atoms. The van der Waals surface area contributed by atoms with Crippen LogP contribution in [0.5, 0.6) is 0 Å². The number of allylic oxidation sites excluding steroid dienone is 1. The van der Waals surface area contributed by atoms with Gasteiger partial charge < -0.3 is 10.2 Å². The summed E-state index contributed by atoms with van der Waals surface area (Å²) in [6.07, 6.45) is 4.92. The van der Waals surface area contributed by atoms with E-state index in [1.807, 2.05) is 0 Å². The highest BCUT2D eigenvalue weighted by molar-refractivity contribution is 5.22. The van der Waals surface area contributed by atoms with Crippen molar-refractivity contribution in [3.05, 3.63) is 11.6 Å². The Kier molecular flexibility index (Phi) is 2.44. The Balaban J connectivity index is 2.23. The second kappa shape index (κ2) is 3.35. The first-order valence-corrected chi connectivity index (χ1v) is 5.55. The first-order chi connectivity index (χ1) is 6.56. The summed E-state index contributed by atoms with van der Waals surface area (Å²) in [5, 5.41) is 18.9. The van der Waals surface area contributed by atoms with Gasteiger partial charge in [-0.1, -0.05) is 19.9 Å². The zero-order valence-corrected chi connectivity index (χ0v) is 9.03. The van der Waals surface area contributed by atoms with Crippen molar-refractivity contribution >= 4 is 0 Å². The lowest BCUT2D eigenvalue weighted by Gasteiger charge is -2.43. The van der Waals surface area contributed by atoms with E-state index in [4.69, 9.17) is 5.11 Å². The van der Waals surface area contributed by atoms with Crippen LogP contribution in [-0.2, 0) is 0 Å². The number of fused-ring (bicyclic) bond motifs is 1. The number of hydrogen-bond donors (Lipinski definition) is 2. The van der Waals surface area contributed by atoms with E-state index in [2.05, 4.69) is 19.9 Å². The predicted octanol–water partition coefficient (Wildman–Crippen LogP) is 1.72. The van der Waals surface area contributed by atoms with Gasteiger partial charge in [-0.2, -0.15) is 0 Å². The minimum atomic E-state index is -0.130. The van der Waals surface area contributed by atoms with Gasteiger partial charge in [0.1, 0.15) is 0 Å². The SMILES string of the molecule is C[C@@H]1C[C@H](O)C[C@H]2CC(CO)=C[C@]21C. The van der Waals surface area contributed by atoms with E-state index in [-0.39, 0.29) is 18.1 Å². The first-order valence-electron chi connectivity index (χ1n) is 5.55. The van der Waals surface area contributed by atoms with Crippen LogP contribution in [0.25, 0.3) is 0 Å². The molecule has 14 heavy (non-hydrogen) atoms. The van der Waals surface area contributed by atoms with Crippen molar-refractivity contribution in [2.75, 3.05) is 6.61 Å². The molecule has 0 aromatic carbocycles. The summed E-state index contributed by atoms with van der Waals surface area (Å²) in [5.74, 6) is 1.07. The van der Waals surface area contributed by atoms with E-state index in [1.54, 1.807) is 0 Å². The van der Waals surface area contributed by atoms with E-state index in [0.717, 1.165) is 19.3 Å². The van der Waals surface area contributed by atoms with E-state index < -0.39 is 0 Å². The molecule has 0 aromatic heterocycles. The molecule has 1 saturated carbocycles. The standard InChI is InChI=1S/C12H20O2/c1-8-3-11(14)5-10-4-9(7-13)6-12(8,10)2/h6,8,10-11,13-14H,3-5,7H2,1-2H3/t8-,10-,11+,12+/m1/s1. The van der Waals surface area contributed by atoms with Crippen molar-refractivity contribution in [1.82, 2.24) is 0 Å².